The Labute approximate surface area is 78.0 Å². The molecule has 1 saturated carbocycles. The van der Waals surface area contributed by atoms with E-state index in [1.165, 1.54) is 5.57 Å². The first-order chi connectivity index (χ1) is 6.15. The van der Waals surface area contributed by atoms with Crippen molar-refractivity contribution in [1.82, 2.24) is 0 Å². The first-order valence-corrected chi connectivity index (χ1v) is 4.94. The van der Waals surface area contributed by atoms with Crippen molar-refractivity contribution in [1.29, 1.82) is 0 Å². The monoisotopic (exact) mass is 178 g/mol. The van der Waals surface area contributed by atoms with Gasteiger partial charge in [-0.2, -0.15) is 0 Å². The second-order valence-corrected chi connectivity index (χ2v) is 3.98. The van der Waals surface area contributed by atoms with Crippen molar-refractivity contribution in [3.05, 3.63) is 11.1 Å². The lowest BCUT2D eigenvalue weighted by Crippen LogP contribution is -2.13. The molecule has 0 N–H and O–H groups in total. The molecule has 2 heteroatoms. The van der Waals surface area contributed by atoms with Gasteiger partial charge in [0, 0.05) is 6.42 Å². The van der Waals surface area contributed by atoms with Crippen LogP contribution in [0.1, 0.15) is 39.5 Å². The fourth-order valence-corrected chi connectivity index (χ4v) is 2.35. The number of allylic oxidation sites excluding steroid dienone is 2. The summed E-state index contributed by atoms with van der Waals surface area (Å²) in [6.45, 7) is 4.05. The van der Waals surface area contributed by atoms with E-state index in [9.17, 15) is 9.59 Å². The van der Waals surface area contributed by atoms with Crippen LogP contribution in [0.3, 0.4) is 0 Å². The van der Waals surface area contributed by atoms with Gasteiger partial charge in [0.15, 0.2) is 5.78 Å². The standard InChI is InChI=1S/C11H14O2/c1-3-7-5-11(6-9(11)12)10(13)8(7)4-2/h3-6H2,1-2H3. The molecule has 0 saturated heterocycles. The van der Waals surface area contributed by atoms with Crippen LogP contribution in [0.2, 0.25) is 0 Å². The number of Topliss-reactive ketones (excluding diaryl/α,β-unsaturated/α-hetero) is 2. The first-order valence-electron chi connectivity index (χ1n) is 4.94. The molecule has 13 heavy (non-hydrogen) atoms. The third kappa shape index (κ3) is 0.946. The van der Waals surface area contributed by atoms with Gasteiger partial charge in [-0.05, 0) is 24.8 Å². The van der Waals surface area contributed by atoms with Gasteiger partial charge >= 0.3 is 0 Å². The van der Waals surface area contributed by atoms with Gasteiger partial charge in [0.1, 0.15) is 11.2 Å². The van der Waals surface area contributed by atoms with Gasteiger partial charge in [-0.1, -0.05) is 19.4 Å². The van der Waals surface area contributed by atoms with E-state index < -0.39 is 5.41 Å². The van der Waals surface area contributed by atoms with Gasteiger partial charge in [0.25, 0.3) is 0 Å². The van der Waals surface area contributed by atoms with Crippen LogP contribution in [-0.2, 0) is 9.59 Å². The molecule has 0 aromatic heterocycles. The number of rotatable bonds is 2. The molecule has 2 nitrogen and oxygen atoms in total. The third-order valence-corrected chi connectivity index (χ3v) is 3.30. The topological polar surface area (TPSA) is 34.1 Å². The van der Waals surface area contributed by atoms with E-state index in [4.69, 9.17) is 0 Å². The van der Waals surface area contributed by atoms with Crippen molar-refractivity contribution in [3.63, 3.8) is 0 Å². The molecule has 0 aromatic carbocycles. The van der Waals surface area contributed by atoms with Crippen molar-refractivity contribution in [3.8, 4) is 0 Å². The second-order valence-electron chi connectivity index (χ2n) is 3.98. The van der Waals surface area contributed by atoms with Crippen LogP contribution in [-0.4, -0.2) is 11.6 Å². The quantitative estimate of drug-likeness (QED) is 0.606. The van der Waals surface area contributed by atoms with Crippen LogP contribution in [0.5, 0.6) is 0 Å². The predicted molar refractivity (Wildman–Crippen MR) is 49.3 cm³/mol. The van der Waals surface area contributed by atoms with Crippen LogP contribution >= 0.6 is 0 Å². The zero-order valence-electron chi connectivity index (χ0n) is 8.14. The Hall–Kier alpha value is -0.920. The first kappa shape index (κ1) is 8.67. The molecule has 70 valence electrons. The molecular formula is C11H14O2. The predicted octanol–water partition coefficient (Wildman–Crippen LogP) is 2.04. The van der Waals surface area contributed by atoms with Crippen LogP contribution in [0.15, 0.2) is 11.1 Å². The molecule has 1 spiro atoms. The molecule has 0 amide bonds. The minimum atomic E-state index is -0.545. The van der Waals surface area contributed by atoms with E-state index in [1.54, 1.807) is 0 Å². The number of hydrogen-bond acceptors (Lipinski definition) is 2. The highest BCUT2D eigenvalue weighted by Crippen LogP contribution is 2.54. The minimum Gasteiger partial charge on any atom is -0.298 e. The summed E-state index contributed by atoms with van der Waals surface area (Å²) in [7, 11) is 0. The van der Waals surface area contributed by atoms with Crippen LogP contribution < -0.4 is 0 Å². The number of carbonyl (C=O) groups is 2. The SMILES string of the molecule is CCC1=C(CC)C(=O)C2(CC2=O)C1. The average Bonchev–Trinajstić information content (AvgIpc) is 2.67. The molecule has 0 heterocycles. The lowest BCUT2D eigenvalue weighted by Gasteiger charge is -1.99. The van der Waals surface area contributed by atoms with E-state index in [1.807, 2.05) is 6.92 Å². The molecule has 0 bridgehead atoms. The van der Waals surface area contributed by atoms with Gasteiger partial charge in [-0.3, -0.25) is 9.59 Å². The minimum absolute atomic E-state index is 0.136. The van der Waals surface area contributed by atoms with Crippen LogP contribution in [0.4, 0.5) is 0 Å². The van der Waals surface area contributed by atoms with E-state index in [2.05, 4.69) is 6.92 Å². The fraction of sp³-hybridized carbons (Fsp3) is 0.636. The van der Waals surface area contributed by atoms with Crippen molar-refractivity contribution < 1.29 is 9.59 Å². The summed E-state index contributed by atoms with van der Waals surface area (Å²) in [4.78, 5) is 23.0. The highest BCUT2D eigenvalue weighted by molar-refractivity contribution is 6.26. The Morgan fingerprint density at radius 3 is 2.08 bits per heavy atom. The summed E-state index contributed by atoms with van der Waals surface area (Å²) in [5.41, 5.74) is 1.61. The molecule has 0 radical (unpaired) electrons. The van der Waals surface area contributed by atoms with E-state index in [0.717, 1.165) is 24.8 Å². The molecule has 2 aliphatic carbocycles. The average molecular weight is 178 g/mol. The highest BCUT2D eigenvalue weighted by atomic mass is 16.2. The van der Waals surface area contributed by atoms with E-state index >= 15 is 0 Å². The van der Waals surface area contributed by atoms with Crippen LogP contribution in [0, 0.1) is 5.41 Å². The van der Waals surface area contributed by atoms with Crippen molar-refractivity contribution in [2.75, 3.05) is 0 Å². The molecule has 2 aliphatic rings. The van der Waals surface area contributed by atoms with Crippen molar-refractivity contribution >= 4 is 11.6 Å². The fourth-order valence-electron chi connectivity index (χ4n) is 2.35. The van der Waals surface area contributed by atoms with Gasteiger partial charge in [-0.25, -0.2) is 0 Å². The van der Waals surface area contributed by atoms with Gasteiger partial charge in [0.2, 0.25) is 0 Å². The summed E-state index contributed by atoms with van der Waals surface area (Å²) in [6.07, 6.45) is 2.93. The Bertz CT molecular complexity index is 325. The highest BCUT2D eigenvalue weighted by Gasteiger charge is 2.62. The smallest absolute Gasteiger partial charge is 0.173 e. The lowest BCUT2D eigenvalue weighted by molar-refractivity contribution is -0.123. The van der Waals surface area contributed by atoms with Crippen molar-refractivity contribution in [2.45, 2.75) is 39.5 Å². The molecule has 0 aliphatic heterocycles. The normalized spacial score (nSPS) is 32.2. The molecule has 1 fully saturated rings. The third-order valence-electron chi connectivity index (χ3n) is 3.30. The maximum Gasteiger partial charge on any atom is 0.173 e. The van der Waals surface area contributed by atoms with Gasteiger partial charge in [0.05, 0.1) is 0 Å². The molecular weight excluding hydrogens is 164 g/mol. The molecule has 2 rings (SSSR count). The summed E-state index contributed by atoms with van der Waals surface area (Å²) < 4.78 is 0. The summed E-state index contributed by atoms with van der Waals surface area (Å²) in [5.74, 6) is 0.295. The molecule has 0 aromatic rings. The second kappa shape index (κ2) is 2.53. The summed E-state index contributed by atoms with van der Waals surface area (Å²) in [5, 5.41) is 0. The Kier molecular flexibility index (Phi) is 1.69. The largest absolute Gasteiger partial charge is 0.298 e. The van der Waals surface area contributed by atoms with Gasteiger partial charge in [-0.15, -0.1) is 0 Å². The zero-order chi connectivity index (χ0) is 9.64. The molecule has 1 atom stereocenters. The Morgan fingerprint density at radius 2 is 1.77 bits per heavy atom. The van der Waals surface area contributed by atoms with E-state index in [0.29, 0.717) is 6.42 Å². The number of hydrogen-bond donors (Lipinski definition) is 0. The number of carbonyl (C=O) groups excluding carboxylic acids is 2. The Morgan fingerprint density at radius 1 is 1.15 bits per heavy atom. The van der Waals surface area contributed by atoms with Crippen molar-refractivity contribution in [2.24, 2.45) is 5.41 Å². The summed E-state index contributed by atoms with van der Waals surface area (Å²) in [6, 6.07) is 0. The maximum absolute atomic E-state index is 11.8. The molecule has 1 unspecified atom stereocenters. The zero-order valence-corrected chi connectivity index (χ0v) is 8.14. The Balaban J connectivity index is 2.33. The van der Waals surface area contributed by atoms with Crippen LogP contribution in [0.25, 0.3) is 0 Å². The summed E-state index contributed by atoms with van der Waals surface area (Å²) >= 11 is 0. The van der Waals surface area contributed by atoms with Gasteiger partial charge < -0.3 is 0 Å². The lowest BCUT2D eigenvalue weighted by atomic mass is 10.00. The maximum atomic E-state index is 11.8. The van der Waals surface area contributed by atoms with E-state index in [-0.39, 0.29) is 11.6 Å². The number of ketones is 2.